The van der Waals surface area contributed by atoms with E-state index in [4.69, 9.17) is 4.98 Å². The first-order chi connectivity index (χ1) is 13.7. The molecule has 0 saturated heterocycles. The van der Waals surface area contributed by atoms with E-state index in [1.54, 1.807) is 29.5 Å². The molecule has 3 heterocycles. The summed E-state index contributed by atoms with van der Waals surface area (Å²) in [5.41, 5.74) is 2.23. The maximum atomic E-state index is 12.9. The van der Waals surface area contributed by atoms with Crippen molar-refractivity contribution in [3.8, 4) is 0 Å². The molecule has 5 rings (SSSR count). The van der Waals surface area contributed by atoms with E-state index in [1.165, 1.54) is 11.3 Å². The molecule has 1 aliphatic heterocycles. The topological polar surface area (TPSA) is 76.9 Å². The van der Waals surface area contributed by atoms with E-state index in [2.05, 4.69) is 10.3 Å². The van der Waals surface area contributed by atoms with Gasteiger partial charge in [-0.05, 0) is 50.3 Å². The first-order valence-electron chi connectivity index (χ1n) is 10.0. The standard InChI is InChI=1S/C21H22N4O2S/c26-19(24-21-23-15-6-5-7-17(15)28-21)13-9-10-14-16(12-13)22-18-8-3-1-2-4-11-25(18)20(14)27/h9-10,12H,1-8,11H2,(H,23,24,26). The summed E-state index contributed by atoms with van der Waals surface area (Å²) in [5.74, 6) is 0.633. The number of aromatic nitrogens is 3. The SMILES string of the molecule is O=C(Nc1nc2c(s1)CCC2)c1ccc2c(=O)n3c(nc2c1)CCCCCC3. The van der Waals surface area contributed by atoms with Crippen LogP contribution in [0.25, 0.3) is 10.9 Å². The molecule has 0 unspecified atom stereocenters. The lowest BCUT2D eigenvalue weighted by Crippen LogP contribution is -2.26. The fourth-order valence-corrected chi connectivity index (χ4v) is 5.19. The Morgan fingerprint density at radius 3 is 2.82 bits per heavy atom. The summed E-state index contributed by atoms with van der Waals surface area (Å²) < 4.78 is 1.82. The predicted molar refractivity (Wildman–Crippen MR) is 110 cm³/mol. The smallest absolute Gasteiger partial charge is 0.261 e. The number of rotatable bonds is 2. The molecule has 1 N–H and O–H groups in total. The van der Waals surface area contributed by atoms with Crippen molar-refractivity contribution < 1.29 is 4.79 Å². The minimum atomic E-state index is -0.206. The van der Waals surface area contributed by atoms with Gasteiger partial charge in [-0.25, -0.2) is 9.97 Å². The lowest BCUT2D eigenvalue weighted by molar-refractivity contribution is 0.102. The molecule has 1 amide bonds. The Hall–Kier alpha value is -2.54. The number of nitrogens with one attached hydrogen (secondary N) is 1. The van der Waals surface area contributed by atoms with Crippen molar-refractivity contribution in [2.75, 3.05) is 5.32 Å². The van der Waals surface area contributed by atoms with Crippen LogP contribution in [-0.4, -0.2) is 20.4 Å². The second kappa shape index (κ2) is 7.13. The molecular formula is C21H22N4O2S. The molecule has 2 aromatic heterocycles. The lowest BCUT2D eigenvalue weighted by atomic mass is 10.1. The molecule has 28 heavy (non-hydrogen) atoms. The molecule has 0 radical (unpaired) electrons. The summed E-state index contributed by atoms with van der Waals surface area (Å²) in [4.78, 5) is 36.2. The van der Waals surface area contributed by atoms with Crippen molar-refractivity contribution in [2.45, 2.75) is 57.9 Å². The summed E-state index contributed by atoms with van der Waals surface area (Å²) in [7, 11) is 0. The van der Waals surface area contributed by atoms with Crippen LogP contribution in [0.15, 0.2) is 23.0 Å². The van der Waals surface area contributed by atoms with E-state index < -0.39 is 0 Å². The fraction of sp³-hybridized carbons (Fsp3) is 0.429. The quantitative estimate of drug-likeness (QED) is 0.719. The van der Waals surface area contributed by atoms with Gasteiger partial charge < -0.3 is 0 Å². The van der Waals surface area contributed by atoms with Gasteiger partial charge in [-0.15, -0.1) is 11.3 Å². The van der Waals surface area contributed by atoms with Crippen molar-refractivity contribution in [3.63, 3.8) is 0 Å². The van der Waals surface area contributed by atoms with Crippen LogP contribution in [0.2, 0.25) is 0 Å². The van der Waals surface area contributed by atoms with E-state index in [1.807, 2.05) is 4.57 Å². The number of fused-ring (bicyclic) bond motifs is 3. The molecule has 0 spiro atoms. The highest BCUT2D eigenvalue weighted by Crippen LogP contribution is 2.30. The van der Waals surface area contributed by atoms with Crippen LogP contribution in [0, 0.1) is 0 Å². The van der Waals surface area contributed by atoms with Gasteiger partial charge in [0.25, 0.3) is 11.5 Å². The number of anilines is 1. The third kappa shape index (κ3) is 3.13. The zero-order valence-corrected chi connectivity index (χ0v) is 16.5. The highest BCUT2D eigenvalue weighted by molar-refractivity contribution is 7.16. The number of hydrogen-bond acceptors (Lipinski definition) is 5. The molecule has 0 fully saturated rings. The maximum Gasteiger partial charge on any atom is 0.261 e. The molecule has 0 atom stereocenters. The monoisotopic (exact) mass is 394 g/mol. The predicted octanol–water partition coefficient (Wildman–Crippen LogP) is 3.71. The molecule has 144 valence electrons. The second-order valence-electron chi connectivity index (χ2n) is 7.58. The van der Waals surface area contributed by atoms with E-state index in [9.17, 15) is 9.59 Å². The van der Waals surface area contributed by atoms with Crippen LogP contribution < -0.4 is 10.9 Å². The minimum absolute atomic E-state index is 0.00482. The summed E-state index contributed by atoms with van der Waals surface area (Å²) in [6.45, 7) is 0.730. The number of nitrogens with zero attached hydrogens (tertiary/aromatic N) is 3. The molecule has 0 bridgehead atoms. The Balaban J connectivity index is 1.47. The Bertz CT molecular complexity index is 1110. The van der Waals surface area contributed by atoms with E-state index >= 15 is 0 Å². The van der Waals surface area contributed by atoms with Crippen LogP contribution in [0.1, 0.15) is 58.9 Å². The van der Waals surface area contributed by atoms with Gasteiger partial charge in [-0.3, -0.25) is 19.5 Å². The summed E-state index contributed by atoms with van der Waals surface area (Å²) in [6, 6.07) is 5.17. The number of amides is 1. The molecule has 3 aromatic rings. The van der Waals surface area contributed by atoms with Crippen LogP contribution >= 0.6 is 11.3 Å². The maximum absolute atomic E-state index is 12.9. The van der Waals surface area contributed by atoms with Gasteiger partial charge in [-0.1, -0.05) is 12.8 Å². The molecular weight excluding hydrogens is 372 g/mol. The van der Waals surface area contributed by atoms with Gasteiger partial charge in [0.1, 0.15) is 5.82 Å². The van der Waals surface area contributed by atoms with Gasteiger partial charge in [0.2, 0.25) is 0 Å². The van der Waals surface area contributed by atoms with Gasteiger partial charge in [0.05, 0.1) is 16.6 Å². The summed E-state index contributed by atoms with van der Waals surface area (Å²) in [5, 5.41) is 4.14. The third-order valence-electron chi connectivity index (χ3n) is 5.64. The highest BCUT2D eigenvalue weighted by atomic mass is 32.1. The Kier molecular flexibility index (Phi) is 4.47. The first-order valence-corrected chi connectivity index (χ1v) is 10.8. The minimum Gasteiger partial charge on any atom is -0.298 e. The van der Waals surface area contributed by atoms with Gasteiger partial charge >= 0.3 is 0 Å². The fourth-order valence-electron chi connectivity index (χ4n) is 4.15. The van der Waals surface area contributed by atoms with Crippen LogP contribution in [0.4, 0.5) is 5.13 Å². The number of benzene rings is 1. The van der Waals surface area contributed by atoms with Gasteiger partial charge in [0.15, 0.2) is 5.13 Å². The van der Waals surface area contributed by atoms with E-state index in [-0.39, 0.29) is 11.5 Å². The molecule has 1 aliphatic carbocycles. The van der Waals surface area contributed by atoms with Crippen molar-refractivity contribution in [2.24, 2.45) is 0 Å². The summed E-state index contributed by atoms with van der Waals surface area (Å²) in [6.07, 6.45) is 8.40. The number of hydrogen-bond donors (Lipinski definition) is 1. The van der Waals surface area contributed by atoms with Crippen molar-refractivity contribution in [3.05, 3.63) is 50.5 Å². The first kappa shape index (κ1) is 17.6. The largest absolute Gasteiger partial charge is 0.298 e. The second-order valence-corrected chi connectivity index (χ2v) is 8.66. The van der Waals surface area contributed by atoms with Crippen LogP contribution in [0.3, 0.4) is 0 Å². The molecule has 7 heteroatoms. The average Bonchev–Trinajstić information content (AvgIpc) is 3.24. The molecule has 2 aliphatic rings. The summed E-state index contributed by atoms with van der Waals surface area (Å²) >= 11 is 1.56. The van der Waals surface area contributed by atoms with Crippen molar-refractivity contribution >= 4 is 33.3 Å². The van der Waals surface area contributed by atoms with Gasteiger partial charge in [-0.2, -0.15) is 0 Å². The normalized spacial score (nSPS) is 16.3. The van der Waals surface area contributed by atoms with E-state index in [0.29, 0.717) is 21.6 Å². The Morgan fingerprint density at radius 2 is 1.93 bits per heavy atom. The molecule has 6 nitrogen and oxygen atoms in total. The Morgan fingerprint density at radius 1 is 1.04 bits per heavy atom. The van der Waals surface area contributed by atoms with Crippen molar-refractivity contribution in [1.82, 2.24) is 14.5 Å². The van der Waals surface area contributed by atoms with Crippen molar-refractivity contribution in [1.29, 1.82) is 0 Å². The number of thiazole rings is 1. The number of carbonyl (C=O) groups is 1. The van der Waals surface area contributed by atoms with Crippen LogP contribution in [-0.2, 0) is 25.8 Å². The zero-order valence-electron chi connectivity index (χ0n) is 15.7. The number of aryl methyl sites for hydroxylation is 3. The zero-order chi connectivity index (χ0) is 19.1. The van der Waals surface area contributed by atoms with Crippen LogP contribution in [0.5, 0.6) is 0 Å². The lowest BCUT2D eigenvalue weighted by Gasteiger charge is -2.16. The molecule has 1 aromatic carbocycles. The third-order valence-corrected chi connectivity index (χ3v) is 6.72. The highest BCUT2D eigenvalue weighted by Gasteiger charge is 2.19. The van der Waals surface area contributed by atoms with Gasteiger partial charge in [0, 0.05) is 23.4 Å². The molecule has 0 saturated carbocycles. The average molecular weight is 395 g/mol. The Labute approximate surface area is 166 Å². The van der Waals surface area contributed by atoms with E-state index in [0.717, 1.165) is 63.0 Å². The number of carbonyl (C=O) groups excluding carboxylic acids is 1.